The third-order valence-corrected chi connectivity index (χ3v) is 4.34. The summed E-state index contributed by atoms with van der Waals surface area (Å²) < 4.78 is 25.0. The number of nitrogens with zero attached hydrogens (tertiary/aromatic N) is 1. The van der Waals surface area contributed by atoms with E-state index in [1.807, 2.05) is 13.8 Å². The van der Waals surface area contributed by atoms with Crippen LogP contribution in [0.2, 0.25) is 0 Å². The van der Waals surface area contributed by atoms with Gasteiger partial charge in [-0.25, -0.2) is 12.7 Å². The first kappa shape index (κ1) is 14.9. The van der Waals surface area contributed by atoms with E-state index in [-0.39, 0.29) is 5.75 Å². The Kier molecular flexibility index (Phi) is 7.13. The average molecular weight is 236 g/mol. The Morgan fingerprint density at radius 2 is 1.73 bits per heavy atom. The fourth-order valence-electron chi connectivity index (χ4n) is 1.39. The Hall–Kier alpha value is -0.130. The second kappa shape index (κ2) is 7.19. The molecule has 0 aromatic rings. The highest BCUT2D eigenvalue weighted by Crippen LogP contribution is 2.02. The van der Waals surface area contributed by atoms with Crippen LogP contribution in [-0.2, 0) is 10.0 Å². The molecule has 0 fully saturated rings. The standard InChI is InChI=1S/C10H24N2O2S/c1-5-12(6-2)15(13,14)9-7-8-11-10(3)4/h10-11H,5-9H2,1-4H3. The quantitative estimate of drug-likeness (QED) is 0.641. The lowest BCUT2D eigenvalue weighted by Crippen LogP contribution is -2.34. The van der Waals surface area contributed by atoms with E-state index >= 15 is 0 Å². The molecule has 0 radical (unpaired) electrons. The smallest absolute Gasteiger partial charge is 0.214 e. The summed E-state index contributed by atoms with van der Waals surface area (Å²) in [7, 11) is -3.03. The van der Waals surface area contributed by atoms with Crippen molar-refractivity contribution in [3.63, 3.8) is 0 Å². The minimum Gasteiger partial charge on any atom is -0.314 e. The fourth-order valence-corrected chi connectivity index (χ4v) is 2.95. The lowest BCUT2D eigenvalue weighted by Gasteiger charge is -2.18. The summed E-state index contributed by atoms with van der Waals surface area (Å²) in [6, 6.07) is 0.418. The molecule has 0 bridgehead atoms. The van der Waals surface area contributed by atoms with E-state index in [1.165, 1.54) is 4.31 Å². The van der Waals surface area contributed by atoms with E-state index < -0.39 is 10.0 Å². The molecule has 0 aromatic heterocycles. The maximum absolute atomic E-state index is 11.7. The minimum atomic E-state index is -3.03. The van der Waals surface area contributed by atoms with Crippen molar-refractivity contribution < 1.29 is 8.42 Å². The molecule has 0 saturated heterocycles. The van der Waals surface area contributed by atoms with Crippen molar-refractivity contribution in [3.8, 4) is 0 Å². The maximum Gasteiger partial charge on any atom is 0.214 e. The van der Waals surface area contributed by atoms with Gasteiger partial charge in [-0.1, -0.05) is 27.7 Å². The zero-order valence-electron chi connectivity index (χ0n) is 10.3. The van der Waals surface area contributed by atoms with Crippen molar-refractivity contribution in [1.29, 1.82) is 0 Å². The average Bonchev–Trinajstić information content (AvgIpc) is 2.14. The normalized spacial score (nSPS) is 12.7. The van der Waals surface area contributed by atoms with Crippen LogP contribution in [0.5, 0.6) is 0 Å². The predicted molar refractivity (Wildman–Crippen MR) is 64.5 cm³/mol. The number of hydrogen-bond acceptors (Lipinski definition) is 3. The van der Waals surface area contributed by atoms with E-state index in [9.17, 15) is 8.42 Å². The summed E-state index contributed by atoms with van der Waals surface area (Å²) in [5.41, 5.74) is 0. The largest absolute Gasteiger partial charge is 0.314 e. The molecule has 0 heterocycles. The summed E-state index contributed by atoms with van der Waals surface area (Å²) in [6.07, 6.45) is 0.678. The molecule has 0 amide bonds. The van der Waals surface area contributed by atoms with E-state index in [2.05, 4.69) is 19.2 Å². The molecule has 0 spiro atoms. The van der Waals surface area contributed by atoms with Crippen LogP contribution in [0.3, 0.4) is 0 Å². The van der Waals surface area contributed by atoms with Crippen LogP contribution < -0.4 is 5.32 Å². The van der Waals surface area contributed by atoms with Gasteiger partial charge < -0.3 is 5.32 Å². The molecule has 0 saturated carbocycles. The Labute approximate surface area is 94.1 Å². The lowest BCUT2D eigenvalue weighted by atomic mass is 10.4. The molecular weight excluding hydrogens is 212 g/mol. The van der Waals surface area contributed by atoms with E-state index in [0.29, 0.717) is 25.6 Å². The summed E-state index contributed by atoms with van der Waals surface area (Å²) in [4.78, 5) is 0. The van der Waals surface area contributed by atoms with Crippen LogP contribution in [0.25, 0.3) is 0 Å². The van der Waals surface area contributed by atoms with Crippen LogP contribution in [0.4, 0.5) is 0 Å². The van der Waals surface area contributed by atoms with Crippen molar-refractivity contribution in [2.24, 2.45) is 0 Å². The van der Waals surface area contributed by atoms with Crippen LogP contribution in [0.15, 0.2) is 0 Å². The third kappa shape index (κ3) is 6.12. The molecule has 15 heavy (non-hydrogen) atoms. The molecule has 0 rings (SSSR count). The minimum absolute atomic E-state index is 0.244. The van der Waals surface area contributed by atoms with Crippen molar-refractivity contribution in [3.05, 3.63) is 0 Å². The zero-order chi connectivity index (χ0) is 11.9. The highest BCUT2D eigenvalue weighted by atomic mass is 32.2. The van der Waals surface area contributed by atoms with Crippen molar-refractivity contribution >= 4 is 10.0 Å². The van der Waals surface area contributed by atoms with Crippen molar-refractivity contribution in [2.45, 2.75) is 40.2 Å². The molecule has 0 aliphatic rings. The monoisotopic (exact) mass is 236 g/mol. The molecule has 5 heteroatoms. The summed E-state index contributed by atoms with van der Waals surface area (Å²) in [6.45, 7) is 9.74. The Morgan fingerprint density at radius 3 is 2.13 bits per heavy atom. The lowest BCUT2D eigenvalue weighted by molar-refractivity contribution is 0.442. The first-order valence-corrected chi connectivity index (χ1v) is 7.26. The number of hydrogen-bond donors (Lipinski definition) is 1. The van der Waals surface area contributed by atoms with Gasteiger partial charge in [0.25, 0.3) is 0 Å². The Balaban J connectivity index is 3.94. The van der Waals surface area contributed by atoms with Crippen LogP contribution in [0.1, 0.15) is 34.1 Å². The summed E-state index contributed by atoms with van der Waals surface area (Å²) in [5, 5.41) is 3.21. The molecule has 0 unspecified atom stereocenters. The Bertz CT molecular complexity index is 246. The van der Waals surface area contributed by atoms with Gasteiger partial charge in [-0.2, -0.15) is 0 Å². The molecule has 0 aliphatic carbocycles. The van der Waals surface area contributed by atoms with Crippen molar-refractivity contribution in [1.82, 2.24) is 9.62 Å². The summed E-state index contributed by atoms with van der Waals surface area (Å²) in [5.74, 6) is 0.244. The van der Waals surface area contributed by atoms with Gasteiger partial charge in [-0.15, -0.1) is 0 Å². The van der Waals surface area contributed by atoms with Gasteiger partial charge in [0, 0.05) is 19.1 Å². The van der Waals surface area contributed by atoms with E-state index in [1.54, 1.807) is 0 Å². The van der Waals surface area contributed by atoms with E-state index in [0.717, 1.165) is 6.54 Å². The highest BCUT2D eigenvalue weighted by molar-refractivity contribution is 7.89. The second-order valence-corrected chi connectivity index (χ2v) is 5.95. The SMILES string of the molecule is CCN(CC)S(=O)(=O)CCCNC(C)C. The predicted octanol–water partition coefficient (Wildman–Crippen LogP) is 1.05. The van der Waals surface area contributed by atoms with Crippen LogP contribution in [-0.4, -0.2) is 44.2 Å². The van der Waals surface area contributed by atoms with Gasteiger partial charge in [0.15, 0.2) is 0 Å². The molecule has 1 N–H and O–H groups in total. The fraction of sp³-hybridized carbons (Fsp3) is 1.00. The van der Waals surface area contributed by atoms with Gasteiger partial charge in [-0.05, 0) is 13.0 Å². The maximum atomic E-state index is 11.7. The second-order valence-electron chi connectivity index (χ2n) is 3.86. The zero-order valence-corrected chi connectivity index (χ0v) is 11.1. The molecule has 0 aromatic carbocycles. The van der Waals surface area contributed by atoms with Gasteiger partial charge in [0.05, 0.1) is 5.75 Å². The van der Waals surface area contributed by atoms with E-state index in [4.69, 9.17) is 0 Å². The molecule has 92 valence electrons. The topological polar surface area (TPSA) is 49.4 Å². The Morgan fingerprint density at radius 1 is 1.20 bits per heavy atom. The first-order valence-electron chi connectivity index (χ1n) is 5.65. The van der Waals surface area contributed by atoms with Gasteiger partial charge in [0.1, 0.15) is 0 Å². The third-order valence-electron chi connectivity index (χ3n) is 2.23. The molecule has 4 nitrogen and oxygen atoms in total. The van der Waals surface area contributed by atoms with Gasteiger partial charge >= 0.3 is 0 Å². The van der Waals surface area contributed by atoms with Crippen molar-refractivity contribution in [2.75, 3.05) is 25.4 Å². The number of sulfonamides is 1. The molecular formula is C10H24N2O2S. The molecule has 0 atom stereocenters. The van der Waals surface area contributed by atoms with Crippen LogP contribution in [0, 0.1) is 0 Å². The summed E-state index contributed by atoms with van der Waals surface area (Å²) >= 11 is 0. The number of rotatable bonds is 8. The molecule has 0 aliphatic heterocycles. The first-order chi connectivity index (χ1) is 6.94. The highest BCUT2D eigenvalue weighted by Gasteiger charge is 2.17. The number of nitrogens with one attached hydrogen (secondary N) is 1. The van der Waals surface area contributed by atoms with Crippen LogP contribution >= 0.6 is 0 Å². The van der Waals surface area contributed by atoms with Gasteiger partial charge in [-0.3, -0.25) is 0 Å². The van der Waals surface area contributed by atoms with Gasteiger partial charge in [0.2, 0.25) is 10.0 Å².